The van der Waals surface area contributed by atoms with Gasteiger partial charge in [0, 0.05) is 12.5 Å². The number of nitrogens with two attached hydrogens (primary N) is 1. The standard InChI is InChI=1S/C18H21NO2/c1-12-9-15-10-13(7-8-18(15)21-12)16(19)11-14-5-3-4-6-17(14)20-2/h3-8,10,12,16H,9,11,19H2,1-2H3. The van der Waals surface area contributed by atoms with Crippen molar-refractivity contribution >= 4 is 0 Å². The Kier molecular flexibility index (Phi) is 3.84. The minimum Gasteiger partial charge on any atom is -0.496 e. The normalized spacial score (nSPS) is 18.0. The molecule has 0 spiro atoms. The fourth-order valence-electron chi connectivity index (χ4n) is 2.90. The molecular weight excluding hydrogens is 262 g/mol. The van der Waals surface area contributed by atoms with Crippen LogP contribution >= 0.6 is 0 Å². The highest BCUT2D eigenvalue weighted by molar-refractivity contribution is 5.42. The fraction of sp³-hybridized carbons (Fsp3) is 0.333. The summed E-state index contributed by atoms with van der Waals surface area (Å²) in [5.74, 6) is 1.89. The summed E-state index contributed by atoms with van der Waals surface area (Å²) < 4.78 is 11.1. The topological polar surface area (TPSA) is 44.5 Å². The number of hydrogen-bond donors (Lipinski definition) is 1. The summed E-state index contributed by atoms with van der Waals surface area (Å²) in [5, 5.41) is 0. The van der Waals surface area contributed by atoms with Crippen molar-refractivity contribution in [1.82, 2.24) is 0 Å². The monoisotopic (exact) mass is 283 g/mol. The van der Waals surface area contributed by atoms with Crippen LogP contribution in [0.3, 0.4) is 0 Å². The van der Waals surface area contributed by atoms with Gasteiger partial charge in [0.1, 0.15) is 17.6 Å². The van der Waals surface area contributed by atoms with Crippen LogP contribution in [0, 0.1) is 0 Å². The number of fused-ring (bicyclic) bond motifs is 1. The summed E-state index contributed by atoms with van der Waals surface area (Å²) in [4.78, 5) is 0. The Morgan fingerprint density at radius 1 is 1.29 bits per heavy atom. The van der Waals surface area contributed by atoms with E-state index in [1.807, 2.05) is 24.3 Å². The van der Waals surface area contributed by atoms with Crippen LogP contribution in [0.5, 0.6) is 11.5 Å². The van der Waals surface area contributed by atoms with Gasteiger partial charge in [0.15, 0.2) is 0 Å². The third-order valence-corrected chi connectivity index (χ3v) is 3.98. The molecule has 2 N–H and O–H groups in total. The molecule has 0 bridgehead atoms. The van der Waals surface area contributed by atoms with E-state index in [1.165, 1.54) is 5.56 Å². The predicted molar refractivity (Wildman–Crippen MR) is 83.9 cm³/mol. The van der Waals surface area contributed by atoms with Gasteiger partial charge in [-0.3, -0.25) is 0 Å². The Hall–Kier alpha value is -2.00. The van der Waals surface area contributed by atoms with Crippen LogP contribution in [0.15, 0.2) is 42.5 Å². The molecule has 1 heterocycles. The van der Waals surface area contributed by atoms with Gasteiger partial charge in [-0.25, -0.2) is 0 Å². The van der Waals surface area contributed by atoms with Crippen molar-refractivity contribution in [3.8, 4) is 11.5 Å². The largest absolute Gasteiger partial charge is 0.496 e. The van der Waals surface area contributed by atoms with Gasteiger partial charge in [-0.15, -0.1) is 0 Å². The van der Waals surface area contributed by atoms with Crippen LogP contribution in [0.2, 0.25) is 0 Å². The molecule has 0 amide bonds. The van der Waals surface area contributed by atoms with Gasteiger partial charge < -0.3 is 15.2 Å². The van der Waals surface area contributed by atoms with Gasteiger partial charge >= 0.3 is 0 Å². The second-order valence-corrected chi connectivity index (χ2v) is 5.62. The van der Waals surface area contributed by atoms with Crippen LogP contribution in [0.4, 0.5) is 0 Å². The van der Waals surface area contributed by atoms with Crippen molar-refractivity contribution in [2.24, 2.45) is 5.73 Å². The van der Waals surface area contributed by atoms with Crippen molar-refractivity contribution in [1.29, 1.82) is 0 Å². The molecule has 3 heteroatoms. The molecule has 2 unspecified atom stereocenters. The van der Waals surface area contributed by atoms with Crippen LogP contribution in [0.1, 0.15) is 29.7 Å². The van der Waals surface area contributed by atoms with E-state index >= 15 is 0 Å². The molecule has 2 aromatic carbocycles. The zero-order chi connectivity index (χ0) is 14.8. The summed E-state index contributed by atoms with van der Waals surface area (Å²) in [6.45, 7) is 2.09. The SMILES string of the molecule is COc1ccccc1CC(N)c1ccc2c(c1)CC(C)O2. The first-order valence-electron chi connectivity index (χ1n) is 7.34. The molecule has 3 rings (SSSR count). The van der Waals surface area contributed by atoms with Crippen molar-refractivity contribution in [3.63, 3.8) is 0 Å². The summed E-state index contributed by atoms with van der Waals surface area (Å²) in [6, 6.07) is 14.3. The Morgan fingerprint density at radius 2 is 2.10 bits per heavy atom. The second-order valence-electron chi connectivity index (χ2n) is 5.62. The number of methoxy groups -OCH3 is 1. The van der Waals surface area contributed by atoms with Crippen LogP contribution in [-0.2, 0) is 12.8 Å². The predicted octanol–water partition coefficient (Wildman–Crippen LogP) is 3.26. The lowest BCUT2D eigenvalue weighted by atomic mass is 9.96. The Labute approximate surface area is 125 Å². The molecule has 3 nitrogen and oxygen atoms in total. The maximum Gasteiger partial charge on any atom is 0.123 e. The van der Waals surface area contributed by atoms with Crippen LogP contribution in [0.25, 0.3) is 0 Å². The van der Waals surface area contributed by atoms with Crippen LogP contribution < -0.4 is 15.2 Å². The fourth-order valence-corrected chi connectivity index (χ4v) is 2.90. The molecule has 110 valence electrons. The first-order valence-corrected chi connectivity index (χ1v) is 7.34. The lowest BCUT2D eigenvalue weighted by Crippen LogP contribution is -2.14. The van der Waals surface area contributed by atoms with Gasteiger partial charge in [-0.2, -0.15) is 0 Å². The number of ether oxygens (including phenoxy) is 2. The molecular formula is C18H21NO2. The van der Waals surface area contributed by atoms with Crippen LogP contribution in [-0.4, -0.2) is 13.2 Å². The minimum absolute atomic E-state index is 0.0393. The molecule has 2 atom stereocenters. The van der Waals surface area contributed by atoms with Gasteiger partial charge in [0.05, 0.1) is 7.11 Å². The average Bonchev–Trinajstić information content (AvgIpc) is 2.86. The molecule has 21 heavy (non-hydrogen) atoms. The van der Waals surface area contributed by atoms with E-state index in [2.05, 4.69) is 25.1 Å². The highest BCUT2D eigenvalue weighted by Gasteiger charge is 2.20. The highest BCUT2D eigenvalue weighted by Crippen LogP contribution is 2.32. The second kappa shape index (κ2) is 5.78. The van der Waals surface area contributed by atoms with E-state index in [-0.39, 0.29) is 12.1 Å². The first-order chi connectivity index (χ1) is 10.2. The smallest absolute Gasteiger partial charge is 0.123 e. The Balaban J connectivity index is 1.80. The summed E-state index contributed by atoms with van der Waals surface area (Å²) in [6.07, 6.45) is 1.99. The third kappa shape index (κ3) is 2.88. The van der Waals surface area contributed by atoms with Gasteiger partial charge in [0.25, 0.3) is 0 Å². The molecule has 0 aromatic heterocycles. The molecule has 0 fully saturated rings. The van der Waals surface area contributed by atoms with Gasteiger partial charge in [0.2, 0.25) is 0 Å². The van der Waals surface area contributed by atoms with Gasteiger partial charge in [-0.05, 0) is 42.2 Å². The summed E-state index contributed by atoms with van der Waals surface area (Å²) in [5.41, 5.74) is 9.93. The number of para-hydroxylation sites is 1. The molecule has 1 aliphatic rings. The number of hydrogen-bond acceptors (Lipinski definition) is 3. The quantitative estimate of drug-likeness (QED) is 0.936. The average molecular weight is 283 g/mol. The van der Waals surface area contributed by atoms with E-state index < -0.39 is 0 Å². The van der Waals surface area contributed by atoms with Crippen molar-refractivity contribution in [2.45, 2.75) is 31.9 Å². The molecule has 2 aromatic rings. The minimum atomic E-state index is -0.0393. The zero-order valence-corrected chi connectivity index (χ0v) is 12.5. The summed E-state index contributed by atoms with van der Waals surface area (Å²) >= 11 is 0. The maximum absolute atomic E-state index is 6.38. The van der Waals surface area contributed by atoms with E-state index in [0.29, 0.717) is 0 Å². The van der Waals surface area contributed by atoms with Gasteiger partial charge in [-0.1, -0.05) is 30.3 Å². The van der Waals surface area contributed by atoms with E-state index in [4.69, 9.17) is 15.2 Å². The van der Waals surface area contributed by atoms with E-state index in [9.17, 15) is 0 Å². The Morgan fingerprint density at radius 3 is 2.90 bits per heavy atom. The molecule has 1 aliphatic heterocycles. The zero-order valence-electron chi connectivity index (χ0n) is 12.5. The van der Waals surface area contributed by atoms with Crippen molar-refractivity contribution in [3.05, 3.63) is 59.2 Å². The highest BCUT2D eigenvalue weighted by atomic mass is 16.5. The third-order valence-electron chi connectivity index (χ3n) is 3.98. The van der Waals surface area contributed by atoms with E-state index in [1.54, 1.807) is 7.11 Å². The molecule has 0 saturated heterocycles. The Bertz CT molecular complexity index is 639. The number of rotatable bonds is 4. The van der Waals surface area contributed by atoms with E-state index in [0.717, 1.165) is 35.5 Å². The number of benzene rings is 2. The molecule has 0 saturated carbocycles. The summed E-state index contributed by atoms with van der Waals surface area (Å²) in [7, 11) is 1.69. The molecule has 0 aliphatic carbocycles. The maximum atomic E-state index is 6.38. The molecule has 0 radical (unpaired) electrons. The van der Waals surface area contributed by atoms with Crippen molar-refractivity contribution in [2.75, 3.05) is 7.11 Å². The lowest BCUT2D eigenvalue weighted by molar-refractivity contribution is 0.254. The van der Waals surface area contributed by atoms with Crippen molar-refractivity contribution < 1.29 is 9.47 Å². The lowest BCUT2D eigenvalue weighted by Gasteiger charge is -2.15. The first kappa shape index (κ1) is 14.0.